The molecule has 0 bridgehead atoms. The molecule has 7 heteroatoms. The summed E-state index contributed by atoms with van der Waals surface area (Å²) < 4.78 is 33.8. The zero-order valence-electron chi connectivity index (χ0n) is 12.3. The Morgan fingerprint density at radius 2 is 1.90 bits per heavy atom. The van der Waals surface area contributed by atoms with Gasteiger partial charge in [-0.25, -0.2) is 8.42 Å². The molecular formula is C14H19NO5S. The van der Waals surface area contributed by atoms with Gasteiger partial charge in [0.05, 0.1) is 0 Å². The molecule has 116 valence electrons. The van der Waals surface area contributed by atoms with Gasteiger partial charge in [-0.2, -0.15) is 0 Å². The van der Waals surface area contributed by atoms with Gasteiger partial charge in [0.1, 0.15) is 18.5 Å². The zero-order chi connectivity index (χ0) is 15.6. The first-order valence-corrected chi connectivity index (χ1v) is 8.57. The molecule has 1 atom stereocenters. The Labute approximate surface area is 124 Å². The number of hydrogen-bond donors (Lipinski definition) is 0. The molecule has 0 saturated heterocycles. The molecule has 2 rings (SSSR count). The molecule has 0 spiro atoms. The molecular weight excluding hydrogens is 294 g/mol. The van der Waals surface area contributed by atoms with Crippen molar-refractivity contribution in [1.82, 2.24) is 4.90 Å². The average Bonchev–Trinajstić information content (AvgIpc) is 2.44. The third-order valence-corrected chi connectivity index (χ3v) is 4.88. The van der Waals surface area contributed by atoms with Gasteiger partial charge >= 0.3 is 0 Å². The van der Waals surface area contributed by atoms with Crippen molar-refractivity contribution in [3.05, 3.63) is 23.8 Å². The highest BCUT2D eigenvalue weighted by Gasteiger charge is 2.26. The topological polar surface area (TPSA) is 72.9 Å². The summed E-state index contributed by atoms with van der Waals surface area (Å²) in [6.45, 7) is 2.74. The van der Waals surface area contributed by atoms with E-state index in [1.54, 1.807) is 13.1 Å². The van der Waals surface area contributed by atoms with Crippen molar-refractivity contribution in [3.8, 4) is 11.5 Å². The Kier molecular flexibility index (Phi) is 4.41. The molecule has 21 heavy (non-hydrogen) atoms. The molecule has 1 aliphatic heterocycles. The first kappa shape index (κ1) is 15.6. The van der Waals surface area contributed by atoms with Crippen LogP contribution in [0.3, 0.4) is 0 Å². The Hall–Kier alpha value is -1.76. The number of ether oxygens (including phenoxy) is 2. The van der Waals surface area contributed by atoms with Crippen LogP contribution in [0.4, 0.5) is 0 Å². The summed E-state index contributed by atoms with van der Waals surface area (Å²) in [5.74, 6) is 0.909. The molecule has 0 N–H and O–H groups in total. The van der Waals surface area contributed by atoms with Crippen molar-refractivity contribution in [3.63, 3.8) is 0 Å². The second-order valence-electron chi connectivity index (χ2n) is 5.14. The number of carbonyl (C=O) groups is 1. The summed E-state index contributed by atoms with van der Waals surface area (Å²) in [6, 6.07) is 5.44. The first-order valence-electron chi connectivity index (χ1n) is 6.61. The fraction of sp³-hybridized carbons (Fsp3) is 0.500. The summed E-state index contributed by atoms with van der Waals surface area (Å²) in [7, 11) is -1.81. The summed E-state index contributed by atoms with van der Waals surface area (Å²) >= 11 is 0. The van der Waals surface area contributed by atoms with Gasteiger partial charge in [-0.15, -0.1) is 0 Å². The highest BCUT2D eigenvalue weighted by Crippen LogP contribution is 2.31. The minimum atomic E-state index is -3.39. The van der Waals surface area contributed by atoms with Gasteiger partial charge in [-0.3, -0.25) is 4.79 Å². The van der Waals surface area contributed by atoms with E-state index < -0.39 is 21.0 Å². The van der Waals surface area contributed by atoms with Crippen LogP contribution in [0.2, 0.25) is 0 Å². The molecule has 0 radical (unpaired) electrons. The molecule has 1 heterocycles. The molecule has 1 amide bonds. The standard InChI is InChI=1S/C14H19NO5S/c1-10(21(3,17)18)14(16)15(2)9-11-4-5-12-13(8-11)20-7-6-19-12/h4-5,8,10H,6-7,9H2,1-3H3/t10-/m0/s1. The number of fused-ring (bicyclic) bond motifs is 1. The van der Waals surface area contributed by atoms with Crippen molar-refractivity contribution in [2.45, 2.75) is 18.7 Å². The number of sulfone groups is 1. The Morgan fingerprint density at radius 3 is 2.52 bits per heavy atom. The van der Waals surface area contributed by atoms with E-state index in [2.05, 4.69) is 0 Å². The van der Waals surface area contributed by atoms with Crippen LogP contribution in [0.5, 0.6) is 11.5 Å². The Morgan fingerprint density at radius 1 is 1.29 bits per heavy atom. The van der Waals surface area contributed by atoms with Crippen molar-refractivity contribution < 1.29 is 22.7 Å². The van der Waals surface area contributed by atoms with Crippen molar-refractivity contribution in [1.29, 1.82) is 0 Å². The van der Waals surface area contributed by atoms with E-state index in [1.165, 1.54) is 11.8 Å². The highest BCUT2D eigenvalue weighted by atomic mass is 32.2. The number of hydrogen-bond acceptors (Lipinski definition) is 5. The van der Waals surface area contributed by atoms with Gasteiger partial charge in [-0.1, -0.05) is 6.07 Å². The minimum Gasteiger partial charge on any atom is -0.486 e. The van der Waals surface area contributed by atoms with Crippen LogP contribution in [0.15, 0.2) is 18.2 Å². The molecule has 1 aromatic rings. The maximum absolute atomic E-state index is 12.1. The summed E-state index contributed by atoms with van der Waals surface area (Å²) in [5.41, 5.74) is 0.857. The lowest BCUT2D eigenvalue weighted by Crippen LogP contribution is -2.38. The fourth-order valence-electron chi connectivity index (χ4n) is 2.03. The molecule has 0 fully saturated rings. The van der Waals surface area contributed by atoms with Gasteiger partial charge in [0.15, 0.2) is 21.3 Å². The third kappa shape index (κ3) is 3.66. The Bertz CT molecular complexity index is 641. The number of nitrogens with zero attached hydrogens (tertiary/aromatic N) is 1. The summed E-state index contributed by atoms with van der Waals surface area (Å²) in [6.07, 6.45) is 1.06. The minimum absolute atomic E-state index is 0.315. The third-order valence-electron chi connectivity index (χ3n) is 3.39. The van der Waals surface area contributed by atoms with E-state index in [1.807, 2.05) is 12.1 Å². The second-order valence-corrected chi connectivity index (χ2v) is 7.51. The quantitative estimate of drug-likeness (QED) is 0.824. The van der Waals surface area contributed by atoms with Gasteiger partial charge in [0, 0.05) is 19.8 Å². The Balaban J connectivity index is 2.09. The molecule has 6 nitrogen and oxygen atoms in total. The summed E-state index contributed by atoms with van der Waals surface area (Å²) in [5, 5.41) is -1.04. The zero-order valence-corrected chi connectivity index (χ0v) is 13.1. The van der Waals surface area contributed by atoms with Gasteiger partial charge in [-0.05, 0) is 24.6 Å². The SMILES string of the molecule is C[C@@H](C(=O)N(C)Cc1ccc2c(c1)OCCO2)S(C)(=O)=O. The maximum Gasteiger partial charge on any atom is 0.240 e. The maximum atomic E-state index is 12.1. The predicted octanol–water partition coefficient (Wildman–Crippen LogP) is 0.849. The average molecular weight is 313 g/mol. The van der Waals surface area contributed by atoms with Crippen molar-refractivity contribution in [2.75, 3.05) is 26.5 Å². The van der Waals surface area contributed by atoms with Gasteiger partial charge in [0.2, 0.25) is 5.91 Å². The van der Waals surface area contributed by atoms with E-state index in [4.69, 9.17) is 9.47 Å². The lowest BCUT2D eigenvalue weighted by molar-refractivity contribution is -0.129. The van der Waals surface area contributed by atoms with Crippen LogP contribution in [0, 0.1) is 0 Å². The van der Waals surface area contributed by atoms with E-state index in [9.17, 15) is 13.2 Å². The van der Waals surface area contributed by atoms with Crippen molar-refractivity contribution in [2.24, 2.45) is 0 Å². The lowest BCUT2D eigenvalue weighted by Gasteiger charge is -2.22. The number of amides is 1. The highest BCUT2D eigenvalue weighted by molar-refractivity contribution is 7.92. The molecule has 0 saturated carbocycles. The largest absolute Gasteiger partial charge is 0.486 e. The molecule has 1 aliphatic rings. The first-order chi connectivity index (χ1) is 9.79. The van der Waals surface area contributed by atoms with Crippen LogP contribution in [0.25, 0.3) is 0 Å². The van der Waals surface area contributed by atoms with E-state index >= 15 is 0 Å². The fourth-order valence-corrected chi connectivity index (χ4v) is 2.58. The monoisotopic (exact) mass is 313 g/mol. The lowest BCUT2D eigenvalue weighted by atomic mass is 10.2. The van der Waals surface area contributed by atoms with Crippen LogP contribution >= 0.6 is 0 Å². The number of rotatable bonds is 4. The van der Waals surface area contributed by atoms with E-state index in [0.717, 1.165) is 11.8 Å². The smallest absolute Gasteiger partial charge is 0.240 e. The van der Waals surface area contributed by atoms with Gasteiger partial charge in [0.25, 0.3) is 0 Å². The second kappa shape index (κ2) is 5.93. The van der Waals surface area contributed by atoms with E-state index in [0.29, 0.717) is 31.3 Å². The summed E-state index contributed by atoms with van der Waals surface area (Å²) in [4.78, 5) is 13.5. The molecule has 0 aliphatic carbocycles. The van der Waals surface area contributed by atoms with Crippen molar-refractivity contribution >= 4 is 15.7 Å². The molecule has 0 unspecified atom stereocenters. The van der Waals surface area contributed by atoms with E-state index in [-0.39, 0.29) is 0 Å². The van der Waals surface area contributed by atoms with Crippen LogP contribution in [-0.4, -0.2) is 51.0 Å². The molecule has 0 aromatic heterocycles. The number of benzene rings is 1. The predicted molar refractivity (Wildman–Crippen MR) is 78.2 cm³/mol. The van der Waals surface area contributed by atoms with Gasteiger partial charge < -0.3 is 14.4 Å². The van der Waals surface area contributed by atoms with Crippen LogP contribution < -0.4 is 9.47 Å². The number of carbonyl (C=O) groups excluding carboxylic acids is 1. The van der Waals surface area contributed by atoms with Crippen LogP contribution in [0.1, 0.15) is 12.5 Å². The normalized spacial score (nSPS) is 15.4. The van der Waals surface area contributed by atoms with Crippen LogP contribution in [-0.2, 0) is 21.2 Å². The molecule has 1 aromatic carbocycles.